The summed E-state index contributed by atoms with van der Waals surface area (Å²) in [5.41, 5.74) is 10.5. The van der Waals surface area contributed by atoms with Crippen molar-refractivity contribution in [1.29, 1.82) is 5.26 Å². The van der Waals surface area contributed by atoms with Crippen LogP contribution in [0.25, 0.3) is 0 Å². The van der Waals surface area contributed by atoms with Gasteiger partial charge in [0.15, 0.2) is 0 Å². The second kappa shape index (κ2) is 6.79. The summed E-state index contributed by atoms with van der Waals surface area (Å²) in [4.78, 5) is 12.5. The maximum absolute atomic E-state index is 12.5. The summed E-state index contributed by atoms with van der Waals surface area (Å²) in [5.74, 6) is -0.662. The fourth-order valence-electron chi connectivity index (χ4n) is 3.29. The van der Waals surface area contributed by atoms with E-state index in [1.165, 1.54) is 0 Å². The Kier molecular flexibility index (Phi) is 4.99. The zero-order valence-corrected chi connectivity index (χ0v) is 14.7. The number of nitrogens with two attached hydrogens (primary N) is 1. The highest BCUT2D eigenvalue weighted by molar-refractivity contribution is 5.92. The van der Waals surface area contributed by atoms with E-state index in [1.54, 1.807) is 13.8 Å². The molecule has 1 heterocycles. The van der Waals surface area contributed by atoms with Gasteiger partial charge in [0.1, 0.15) is 17.4 Å². The first-order valence-corrected chi connectivity index (χ1v) is 7.85. The summed E-state index contributed by atoms with van der Waals surface area (Å²) >= 11 is 0. The molecule has 0 saturated heterocycles. The van der Waals surface area contributed by atoms with E-state index in [4.69, 9.17) is 15.2 Å². The number of carbonyl (C=O) groups is 1. The molecule has 126 valence electrons. The van der Waals surface area contributed by atoms with Crippen LogP contribution in [-0.4, -0.2) is 12.6 Å². The van der Waals surface area contributed by atoms with Crippen LogP contribution in [0.1, 0.15) is 42.0 Å². The lowest BCUT2D eigenvalue weighted by Crippen LogP contribution is -2.26. The van der Waals surface area contributed by atoms with Crippen molar-refractivity contribution in [2.45, 2.75) is 40.5 Å². The lowest BCUT2D eigenvalue weighted by atomic mass is 9.79. The normalized spacial score (nSPS) is 17.4. The molecule has 1 aromatic rings. The zero-order chi connectivity index (χ0) is 18.0. The Morgan fingerprint density at radius 2 is 1.88 bits per heavy atom. The molecule has 1 aromatic carbocycles. The molecule has 1 unspecified atom stereocenters. The van der Waals surface area contributed by atoms with E-state index < -0.39 is 11.9 Å². The van der Waals surface area contributed by atoms with E-state index in [0.717, 1.165) is 22.3 Å². The van der Waals surface area contributed by atoms with Gasteiger partial charge in [0.2, 0.25) is 5.88 Å². The van der Waals surface area contributed by atoms with Gasteiger partial charge < -0.3 is 15.2 Å². The van der Waals surface area contributed by atoms with Crippen molar-refractivity contribution in [2.24, 2.45) is 5.73 Å². The van der Waals surface area contributed by atoms with E-state index in [-0.39, 0.29) is 18.1 Å². The summed E-state index contributed by atoms with van der Waals surface area (Å²) < 4.78 is 10.6. The summed E-state index contributed by atoms with van der Waals surface area (Å²) in [6, 6.07) is 6.16. The number of nitrogens with zero attached hydrogens (tertiary/aromatic N) is 1. The third-order valence-corrected chi connectivity index (χ3v) is 4.13. The highest BCUT2D eigenvalue weighted by atomic mass is 16.5. The van der Waals surface area contributed by atoms with Gasteiger partial charge in [-0.2, -0.15) is 5.26 Å². The molecule has 1 aliphatic rings. The summed E-state index contributed by atoms with van der Waals surface area (Å²) in [6.07, 6.45) is 0. The molecule has 5 heteroatoms. The largest absolute Gasteiger partial charge is 0.463 e. The topological polar surface area (TPSA) is 85.3 Å². The Bertz CT molecular complexity index is 774. The van der Waals surface area contributed by atoms with Crippen LogP contribution in [0, 0.1) is 32.1 Å². The average Bonchev–Trinajstić information content (AvgIpc) is 2.46. The smallest absolute Gasteiger partial charge is 0.338 e. The van der Waals surface area contributed by atoms with Gasteiger partial charge in [0.25, 0.3) is 0 Å². The first kappa shape index (κ1) is 17.6. The van der Waals surface area contributed by atoms with Crippen molar-refractivity contribution in [2.75, 3.05) is 6.61 Å². The van der Waals surface area contributed by atoms with E-state index in [2.05, 4.69) is 6.07 Å². The van der Waals surface area contributed by atoms with Crippen LogP contribution >= 0.6 is 0 Å². The number of rotatable bonds is 3. The molecule has 0 aromatic heterocycles. The van der Waals surface area contributed by atoms with Gasteiger partial charge in [-0.15, -0.1) is 0 Å². The molecule has 0 radical (unpaired) electrons. The fraction of sp³-hybridized carbons (Fsp3) is 0.368. The third-order valence-electron chi connectivity index (χ3n) is 4.13. The maximum atomic E-state index is 12.5. The Balaban J connectivity index is 2.75. The predicted octanol–water partition coefficient (Wildman–Crippen LogP) is 3.26. The molecule has 1 aliphatic heterocycles. The molecule has 0 bridgehead atoms. The SMILES string of the molecule is CCOC(=O)C1=C(C)OC(N)=C(C#N)C1c1c(C)cc(C)cc1C. The minimum Gasteiger partial charge on any atom is -0.463 e. The minimum atomic E-state index is -0.580. The average molecular weight is 326 g/mol. The van der Waals surface area contributed by atoms with Crippen LogP contribution in [-0.2, 0) is 14.3 Å². The number of allylic oxidation sites excluding steroid dienone is 2. The van der Waals surface area contributed by atoms with Gasteiger partial charge >= 0.3 is 5.97 Å². The van der Waals surface area contributed by atoms with Crippen molar-refractivity contribution < 1.29 is 14.3 Å². The summed E-state index contributed by atoms with van der Waals surface area (Å²) in [7, 11) is 0. The minimum absolute atomic E-state index is 0.0347. The number of benzene rings is 1. The number of hydrogen-bond acceptors (Lipinski definition) is 5. The van der Waals surface area contributed by atoms with Crippen LogP contribution in [0.3, 0.4) is 0 Å². The highest BCUT2D eigenvalue weighted by Crippen LogP contribution is 2.42. The van der Waals surface area contributed by atoms with Crippen molar-refractivity contribution in [3.8, 4) is 6.07 Å². The number of ether oxygens (including phenoxy) is 2. The molecule has 0 aliphatic carbocycles. The second-order valence-electron chi connectivity index (χ2n) is 5.93. The molecule has 2 rings (SSSR count). The highest BCUT2D eigenvalue weighted by Gasteiger charge is 2.37. The molecular formula is C19H22N2O3. The van der Waals surface area contributed by atoms with Gasteiger partial charge in [0.05, 0.1) is 18.1 Å². The first-order valence-electron chi connectivity index (χ1n) is 7.85. The van der Waals surface area contributed by atoms with Gasteiger partial charge in [-0.1, -0.05) is 17.7 Å². The lowest BCUT2D eigenvalue weighted by Gasteiger charge is -2.29. The standard InChI is InChI=1S/C19H22N2O3/c1-6-23-19(22)16-13(5)24-18(21)14(9-20)17(16)15-11(3)7-10(2)8-12(15)4/h7-8,17H,6,21H2,1-5H3. The third kappa shape index (κ3) is 3.00. The van der Waals surface area contributed by atoms with E-state index in [9.17, 15) is 10.1 Å². The Labute approximate surface area is 142 Å². The number of nitriles is 1. The number of esters is 1. The van der Waals surface area contributed by atoms with E-state index >= 15 is 0 Å². The molecule has 5 nitrogen and oxygen atoms in total. The molecule has 0 amide bonds. The van der Waals surface area contributed by atoms with Gasteiger partial charge in [0, 0.05) is 0 Å². The molecule has 0 fully saturated rings. The molecular weight excluding hydrogens is 304 g/mol. The summed E-state index contributed by atoms with van der Waals surface area (Å²) in [6.45, 7) is 9.59. The second-order valence-corrected chi connectivity index (χ2v) is 5.93. The molecule has 24 heavy (non-hydrogen) atoms. The Morgan fingerprint density at radius 3 is 2.38 bits per heavy atom. The molecule has 2 N–H and O–H groups in total. The van der Waals surface area contributed by atoms with E-state index in [1.807, 2.05) is 32.9 Å². The quantitative estimate of drug-likeness (QED) is 0.862. The van der Waals surface area contributed by atoms with Crippen molar-refractivity contribution >= 4 is 5.97 Å². The Hall–Kier alpha value is -2.74. The van der Waals surface area contributed by atoms with Crippen molar-refractivity contribution in [3.05, 3.63) is 57.2 Å². The van der Waals surface area contributed by atoms with Gasteiger partial charge in [-0.3, -0.25) is 0 Å². The number of hydrogen-bond donors (Lipinski definition) is 1. The lowest BCUT2D eigenvalue weighted by molar-refractivity contribution is -0.139. The number of aryl methyl sites for hydroxylation is 3. The molecule has 1 atom stereocenters. The fourth-order valence-corrected chi connectivity index (χ4v) is 3.29. The van der Waals surface area contributed by atoms with Crippen molar-refractivity contribution in [1.82, 2.24) is 0 Å². The maximum Gasteiger partial charge on any atom is 0.338 e. The van der Waals surface area contributed by atoms with E-state index in [0.29, 0.717) is 11.3 Å². The van der Waals surface area contributed by atoms with Crippen LogP contribution in [0.15, 0.2) is 34.9 Å². The van der Waals surface area contributed by atoms with Crippen LogP contribution in [0.2, 0.25) is 0 Å². The zero-order valence-electron chi connectivity index (χ0n) is 14.7. The van der Waals surface area contributed by atoms with Crippen molar-refractivity contribution in [3.63, 3.8) is 0 Å². The van der Waals surface area contributed by atoms with Gasteiger partial charge in [-0.05, 0) is 51.3 Å². The van der Waals surface area contributed by atoms with Crippen LogP contribution in [0.4, 0.5) is 0 Å². The summed E-state index contributed by atoms with van der Waals surface area (Å²) in [5, 5.41) is 9.60. The van der Waals surface area contributed by atoms with Crippen LogP contribution in [0.5, 0.6) is 0 Å². The first-order chi connectivity index (χ1) is 11.3. The molecule has 0 spiro atoms. The molecule has 0 saturated carbocycles. The Morgan fingerprint density at radius 1 is 1.29 bits per heavy atom. The van der Waals surface area contributed by atoms with Crippen LogP contribution < -0.4 is 5.73 Å². The van der Waals surface area contributed by atoms with Gasteiger partial charge in [-0.25, -0.2) is 4.79 Å². The number of carbonyl (C=O) groups excluding carboxylic acids is 1. The monoisotopic (exact) mass is 326 g/mol. The predicted molar refractivity (Wildman–Crippen MR) is 90.6 cm³/mol.